The molecule has 6 unspecified atom stereocenters. The summed E-state index contributed by atoms with van der Waals surface area (Å²) in [6, 6.07) is 0. The van der Waals surface area contributed by atoms with Gasteiger partial charge in [-0.15, -0.1) is 0 Å². The van der Waals surface area contributed by atoms with Crippen LogP contribution >= 0.6 is 0 Å². The van der Waals surface area contributed by atoms with Gasteiger partial charge in [-0.1, -0.05) is 34.6 Å². The first-order valence-electron chi connectivity index (χ1n) is 14.4. The van der Waals surface area contributed by atoms with Gasteiger partial charge in [0.2, 0.25) is 0 Å². The summed E-state index contributed by atoms with van der Waals surface area (Å²) in [6.07, 6.45) is 2.81. The Balaban J connectivity index is 2.36. The van der Waals surface area contributed by atoms with Gasteiger partial charge in [0, 0.05) is 16.8 Å². The van der Waals surface area contributed by atoms with E-state index in [9.17, 15) is 24.3 Å². The molecule has 0 radical (unpaired) electrons. The first-order valence-corrected chi connectivity index (χ1v) is 14.4. The van der Waals surface area contributed by atoms with Crippen molar-refractivity contribution >= 4 is 23.9 Å². The molecule has 0 aromatic rings. The molecule has 2 aliphatic rings. The molecule has 0 aromatic carbocycles. The molecule has 8 heteroatoms. The Bertz CT molecular complexity index is 970. The van der Waals surface area contributed by atoms with Gasteiger partial charge in [-0.05, 0) is 90.9 Å². The lowest BCUT2D eigenvalue weighted by atomic mass is 9.61. The minimum absolute atomic E-state index is 0.00143. The zero-order chi connectivity index (χ0) is 30.2. The number of hydrogen-bond acceptors (Lipinski definition) is 8. The summed E-state index contributed by atoms with van der Waals surface area (Å²) in [5.41, 5.74) is -5.21. The molecule has 8 nitrogen and oxygen atoms in total. The SMILES string of the molecule is CCOC(=O)C(C)(C)CC(C)(CC(C)(CC(C)(CC)C(=O)OC1CC2CCC1(C)C2(C)C)C(=O)[O-])C(=O)OC. The lowest BCUT2D eigenvalue weighted by molar-refractivity contribution is -0.321. The van der Waals surface area contributed by atoms with E-state index in [0.29, 0.717) is 12.3 Å². The topological polar surface area (TPSA) is 119 Å². The molecule has 2 saturated carbocycles. The summed E-state index contributed by atoms with van der Waals surface area (Å²) in [5, 5.41) is 12.7. The first-order chi connectivity index (χ1) is 17.7. The zero-order valence-electron chi connectivity index (χ0n) is 26.1. The third-order valence-corrected chi connectivity index (χ3v) is 10.6. The molecule has 0 amide bonds. The van der Waals surface area contributed by atoms with E-state index >= 15 is 0 Å². The van der Waals surface area contributed by atoms with Gasteiger partial charge in [-0.25, -0.2) is 0 Å². The van der Waals surface area contributed by atoms with Gasteiger partial charge in [0.1, 0.15) is 6.10 Å². The highest BCUT2D eigenvalue weighted by Gasteiger charge is 2.63. The maximum Gasteiger partial charge on any atom is 0.312 e. The third kappa shape index (κ3) is 6.00. The van der Waals surface area contributed by atoms with E-state index in [1.54, 1.807) is 34.6 Å². The van der Waals surface area contributed by atoms with Crippen molar-refractivity contribution in [3.63, 3.8) is 0 Å². The summed E-state index contributed by atoms with van der Waals surface area (Å²) < 4.78 is 16.5. The van der Waals surface area contributed by atoms with E-state index in [4.69, 9.17) is 14.2 Å². The summed E-state index contributed by atoms with van der Waals surface area (Å²) in [4.78, 5) is 52.2. The predicted molar refractivity (Wildman–Crippen MR) is 145 cm³/mol. The Hall–Kier alpha value is -2.12. The van der Waals surface area contributed by atoms with E-state index < -0.39 is 45.5 Å². The third-order valence-electron chi connectivity index (χ3n) is 10.6. The van der Waals surface area contributed by atoms with Crippen LogP contribution in [-0.2, 0) is 33.4 Å². The maximum absolute atomic E-state index is 13.7. The van der Waals surface area contributed by atoms with Crippen molar-refractivity contribution in [2.75, 3.05) is 13.7 Å². The van der Waals surface area contributed by atoms with E-state index in [-0.39, 0.29) is 42.8 Å². The average Bonchev–Trinajstić information content (AvgIpc) is 3.16. The first kappa shape index (κ1) is 33.1. The van der Waals surface area contributed by atoms with Crippen LogP contribution in [-0.4, -0.2) is 43.7 Å². The van der Waals surface area contributed by atoms with Crippen molar-refractivity contribution in [3.8, 4) is 0 Å². The highest BCUT2D eigenvalue weighted by molar-refractivity contribution is 5.83. The molecule has 2 aliphatic carbocycles. The second kappa shape index (κ2) is 11.0. The fraction of sp³-hybridized carbons (Fsp3) is 0.871. The van der Waals surface area contributed by atoms with Crippen molar-refractivity contribution in [1.82, 2.24) is 0 Å². The number of carbonyl (C=O) groups is 4. The monoisotopic (exact) mass is 551 g/mol. The van der Waals surface area contributed by atoms with Gasteiger partial charge in [0.25, 0.3) is 0 Å². The fourth-order valence-corrected chi connectivity index (χ4v) is 7.68. The standard InChI is InChI=1S/C31H52O8/c1-12-28(7,25(36)39-21-16-20-14-15-31(21,10)27(20,5)6)18-29(8,22(32)33)19-30(9,24(35)37-11)17-26(3,4)23(34)38-13-2/h20-21H,12-19H2,1-11H3,(H,32,33)/p-1. The number of aliphatic carboxylic acids is 1. The number of hydrogen-bond donors (Lipinski definition) is 0. The van der Waals surface area contributed by atoms with E-state index in [2.05, 4.69) is 20.8 Å². The van der Waals surface area contributed by atoms with Crippen LogP contribution in [0.2, 0.25) is 0 Å². The quantitative estimate of drug-likeness (QED) is 0.235. The van der Waals surface area contributed by atoms with Gasteiger partial charge in [0.05, 0.1) is 30.0 Å². The molecule has 2 fully saturated rings. The molecule has 0 spiro atoms. The van der Waals surface area contributed by atoms with Crippen LogP contribution in [0.1, 0.15) is 114 Å². The Morgan fingerprint density at radius 2 is 1.41 bits per heavy atom. The summed E-state index contributed by atoms with van der Waals surface area (Å²) >= 11 is 0. The number of carbonyl (C=O) groups excluding carboxylic acids is 4. The summed E-state index contributed by atoms with van der Waals surface area (Å²) in [5.74, 6) is -2.42. The van der Waals surface area contributed by atoms with Crippen LogP contribution in [0.5, 0.6) is 0 Å². The highest BCUT2D eigenvalue weighted by atomic mass is 16.5. The average molecular weight is 552 g/mol. The van der Waals surface area contributed by atoms with Crippen LogP contribution in [0.25, 0.3) is 0 Å². The molecule has 2 rings (SSSR count). The summed E-state index contributed by atoms with van der Waals surface area (Å²) in [7, 11) is 1.24. The zero-order valence-corrected chi connectivity index (χ0v) is 26.1. The van der Waals surface area contributed by atoms with Crippen molar-refractivity contribution in [2.45, 2.75) is 120 Å². The van der Waals surface area contributed by atoms with E-state index in [1.165, 1.54) is 14.0 Å². The maximum atomic E-state index is 13.7. The molecule has 6 atom stereocenters. The summed E-state index contributed by atoms with van der Waals surface area (Å²) in [6.45, 7) is 18.6. The lowest BCUT2D eigenvalue weighted by Crippen LogP contribution is -2.51. The number of esters is 3. The number of fused-ring (bicyclic) bond motifs is 2. The Morgan fingerprint density at radius 1 is 0.846 bits per heavy atom. The van der Waals surface area contributed by atoms with E-state index in [0.717, 1.165) is 19.3 Å². The Labute approximate surface area is 234 Å². The van der Waals surface area contributed by atoms with Crippen molar-refractivity contribution in [3.05, 3.63) is 0 Å². The van der Waals surface area contributed by atoms with Gasteiger partial charge < -0.3 is 24.1 Å². The van der Waals surface area contributed by atoms with Crippen LogP contribution in [0, 0.1) is 38.4 Å². The van der Waals surface area contributed by atoms with Crippen LogP contribution < -0.4 is 5.11 Å². The molecule has 2 bridgehead atoms. The van der Waals surface area contributed by atoms with Crippen LogP contribution in [0.15, 0.2) is 0 Å². The lowest BCUT2D eigenvalue weighted by Gasteiger charge is -2.45. The normalized spacial score (nSPS) is 28.5. The Kier molecular flexibility index (Phi) is 9.37. The minimum Gasteiger partial charge on any atom is -0.550 e. The molecule has 0 N–H and O–H groups in total. The number of ether oxygens (including phenoxy) is 3. The molecule has 0 aliphatic heterocycles. The second-order valence-electron chi connectivity index (χ2n) is 14.5. The van der Waals surface area contributed by atoms with Crippen LogP contribution in [0.3, 0.4) is 0 Å². The van der Waals surface area contributed by atoms with E-state index in [1.807, 2.05) is 6.92 Å². The van der Waals surface area contributed by atoms with Crippen LogP contribution in [0.4, 0.5) is 0 Å². The van der Waals surface area contributed by atoms with Gasteiger partial charge in [0.15, 0.2) is 0 Å². The van der Waals surface area contributed by atoms with Gasteiger partial charge in [-0.2, -0.15) is 0 Å². The smallest absolute Gasteiger partial charge is 0.312 e. The number of methoxy groups -OCH3 is 1. The molecule has 0 saturated heterocycles. The second-order valence-corrected chi connectivity index (χ2v) is 14.5. The van der Waals surface area contributed by atoms with Crippen molar-refractivity contribution in [1.29, 1.82) is 0 Å². The largest absolute Gasteiger partial charge is 0.550 e. The molecule has 0 heterocycles. The van der Waals surface area contributed by atoms with Crippen molar-refractivity contribution < 1.29 is 38.5 Å². The highest BCUT2D eigenvalue weighted by Crippen LogP contribution is 2.66. The molecule has 0 aromatic heterocycles. The minimum atomic E-state index is -1.59. The Morgan fingerprint density at radius 3 is 1.82 bits per heavy atom. The van der Waals surface area contributed by atoms with Gasteiger partial charge >= 0.3 is 17.9 Å². The number of carboxylic acid groups (broad SMARTS) is 1. The fourth-order valence-electron chi connectivity index (χ4n) is 7.68. The molecule has 224 valence electrons. The predicted octanol–water partition coefficient (Wildman–Crippen LogP) is 4.86. The molecular formula is C31H51O8-. The molecule has 39 heavy (non-hydrogen) atoms. The van der Waals surface area contributed by atoms with Gasteiger partial charge in [-0.3, -0.25) is 14.4 Å². The molecular weight excluding hydrogens is 500 g/mol. The number of carboxylic acids is 1. The number of rotatable bonds is 13. The van der Waals surface area contributed by atoms with Crippen molar-refractivity contribution in [2.24, 2.45) is 38.4 Å².